The van der Waals surface area contributed by atoms with Crippen molar-refractivity contribution in [3.63, 3.8) is 0 Å². The van der Waals surface area contributed by atoms with Crippen LogP contribution in [0.4, 0.5) is 10.1 Å². The molecule has 1 amide bonds. The molecule has 0 aliphatic carbocycles. The van der Waals surface area contributed by atoms with Gasteiger partial charge in [0.05, 0.1) is 6.04 Å². The molecule has 18 heavy (non-hydrogen) atoms. The van der Waals surface area contributed by atoms with E-state index in [1.165, 1.54) is 17.0 Å². The number of halogens is 1. The molecule has 1 atom stereocenters. The molecule has 1 aromatic rings. The predicted molar refractivity (Wildman–Crippen MR) is 75.4 cm³/mol. The maximum Gasteiger partial charge on any atom is 0.243 e. The van der Waals surface area contributed by atoms with Crippen LogP contribution in [0.5, 0.6) is 0 Å². The Morgan fingerprint density at radius 3 is 2.83 bits per heavy atom. The molecule has 0 aliphatic heterocycles. The Labute approximate surface area is 112 Å². The highest BCUT2D eigenvalue weighted by Crippen LogP contribution is 2.17. The first-order valence-corrected chi connectivity index (χ1v) is 7.31. The lowest BCUT2D eigenvalue weighted by molar-refractivity contribution is -0.119. The van der Waals surface area contributed by atoms with E-state index in [-0.39, 0.29) is 11.7 Å². The third-order valence-corrected chi connectivity index (χ3v) is 3.30. The van der Waals surface area contributed by atoms with Crippen molar-refractivity contribution in [2.45, 2.75) is 19.4 Å². The minimum atomic E-state index is -0.527. The number of rotatable bonds is 6. The van der Waals surface area contributed by atoms with E-state index in [2.05, 4.69) is 0 Å². The number of nitrogens with two attached hydrogens (primary N) is 1. The molecule has 5 heteroatoms. The molecule has 1 aromatic carbocycles. The van der Waals surface area contributed by atoms with E-state index in [9.17, 15) is 9.18 Å². The zero-order valence-corrected chi connectivity index (χ0v) is 11.5. The molecular weight excluding hydrogens is 251 g/mol. The van der Waals surface area contributed by atoms with E-state index in [0.717, 1.165) is 5.75 Å². The molecular formula is C13H19FN2OS. The maximum atomic E-state index is 13.2. The highest BCUT2D eigenvalue weighted by atomic mass is 32.2. The first-order chi connectivity index (χ1) is 8.60. The van der Waals surface area contributed by atoms with Crippen LogP contribution in [0.2, 0.25) is 0 Å². The fourth-order valence-corrected chi connectivity index (χ4v) is 2.17. The maximum absolute atomic E-state index is 13.2. The average molecular weight is 270 g/mol. The summed E-state index contributed by atoms with van der Waals surface area (Å²) in [6.45, 7) is 2.33. The van der Waals surface area contributed by atoms with Gasteiger partial charge >= 0.3 is 0 Å². The Kier molecular flexibility index (Phi) is 6.15. The first kappa shape index (κ1) is 15.0. The zero-order chi connectivity index (χ0) is 13.5. The van der Waals surface area contributed by atoms with Crippen LogP contribution in [0.25, 0.3) is 0 Å². The summed E-state index contributed by atoms with van der Waals surface area (Å²) in [4.78, 5) is 13.7. The normalized spacial score (nSPS) is 12.2. The molecule has 0 fully saturated rings. The fraction of sp³-hybridized carbons (Fsp3) is 0.462. The second kappa shape index (κ2) is 7.38. The molecule has 1 rings (SSSR count). The van der Waals surface area contributed by atoms with Crippen molar-refractivity contribution in [3.05, 3.63) is 30.1 Å². The first-order valence-electron chi connectivity index (χ1n) is 5.91. The molecule has 0 aliphatic rings. The van der Waals surface area contributed by atoms with Gasteiger partial charge in [-0.1, -0.05) is 6.07 Å². The summed E-state index contributed by atoms with van der Waals surface area (Å²) in [5.41, 5.74) is 6.41. The predicted octanol–water partition coefficient (Wildman–Crippen LogP) is 2.26. The van der Waals surface area contributed by atoms with Crippen LogP contribution in [0.15, 0.2) is 24.3 Å². The van der Waals surface area contributed by atoms with Gasteiger partial charge in [-0.2, -0.15) is 11.8 Å². The number of carbonyl (C=O) groups is 1. The van der Waals surface area contributed by atoms with Gasteiger partial charge in [-0.25, -0.2) is 4.39 Å². The molecule has 0 radical (unpaired) electrons. The SMILES string of the molecule is CCN(C(=O)[C@@H](N)CCSC)c1cccc(F)c1. The Bertz CT molecular complexity index is 400. The van der Waals surface area contributed by atoms with E-state index < -0.39 is 6.04 Å². The van der Waals surface area contributed by atoms with Crippen LogP contribution in [0.1, 0.15) is 13.3 Å². The summed E-state index contributed by atoms with van der Waals surface area (Å²) < 4.78 is 13.2. The van der Waals surface area contributed by atoms with Crippen molar-refractivity contribution in [1.29, 1.82) is 0 Å². The lowest BCUT2D eigenvalue weighted by Crippen LogP contribution is -2.44. The lowest BCUT2D eigenvalue weighted by Gasteiger charge is -2.24. The topological polar surface area (TPSA) is 46.3 Å². The number of hydrogen-bond donors (Lipinski definition) is 1. The number of nitrogens with zero attached hydrogens (tertiary/aromatic N) is 1. The second-order valence-electron chi connectivity index (χ2n) is 3.95. The fourth-order valence-electron chi connectivity index (χ4n) is 1.68. The van der Waals surface area contributed by atoms with E-state index in [4.69, 9.17) is 5.73 Å². The minimum Gasteiger partial charge on any atom is -0.320 e. The summed E-state index contributed by atoms with van der Waals surface area (Å²) >= 11 is 1.65. The quantitative estimate of drug-likeness (QED) is 0.862. The van der Waals surface area contributed by atoms with Gasteiger partial charge in [0.25, 0.3) is 0 Å². The monoisotopic (exact) mass is 270 g/mol. The summed E-state index contributed by atoms with van der Waals surface area (Å²) in [6, 6.07) is 5.48. The summed E-state index contributed by atoms with van der Waals surface area (Å²) in [7, 11) is 0. The highest BCUT2D eigenvalue weighted by molar-refractivity contribution is 7.98. The molecule has 100 valence electrons. The number of benzene rings is 1. The van der Waals surface area contributed by atoms with Crippen LogP contribution < -0.4 is 10.6 Å². The second-order valence-corrected chi connectivity index (χ2v) is 4.94. The van der Waals surface area contributed by atoms with Gasteiger partial charge in [0.2, 0.25) is 5.91 Å². The van der Waals surface area contributed by atoms with Gasteiger partial charge < -0.3 is 10.6 Å². The third kappa shape index (κ3) is 3.99. The molecule has 0 unspecified atom stereocenters. The Balaban J connectivity index is 2.79. The van der Waals surface area contributed by atoms with Crippen molar-refractivity contribution in [1.82, 2.24) is 0 Å². The molecule has 0 aromatic heterocycles. The van der Waals surface area contributed by atoms with Crippen molar-refractivity contribution < 1.29 is 9.18 Å². The van der Waals surface area contributed by atoms with Crippen LogP contribution in [0, 0.1) is 5.82 Å². The lowest BCUT2D eigenvalue weighted by atomic mass is 10.2. The van der Waals surface area contributed by atoms with E-state index >= 15 is 0 Å². The number of likely N-dealkylation sites (N-methyl/N-ethyl adjacent to an activating group) is 1. The summed E-state index contributed by atoms with van der Waals surface area (Å²) in [5.74, 6) is 0.335. The van der Waals surface area contributed by atoms with Gasteiger partial charge in [-0.3, -0.25) is 4.79 Å². The third-order valence-electron chi connectivity index (χ3n) is 2.65. The number of carbonyl (C=O) groups excluding carboxylic acids is 1. The van der Waals surface area contributed by atoms with Gasteiger partial charge in [0.1, 0.15) is 5.82 Å². The molecule has 0 saturated carbocycles. The molecule has 0 bridgehead atoms. The van der Waals surface area contributed by atoms with Gasteiger partial charge in [-0.15, -0.1) is 0 Å². The average Bonchev–Trinajstić information content (AvgIpc) is 2.36. The summed E-state index contributed by atoms with van der Waals surface area (Å²) in [5, 5.41) is 0. The van der Waals surface area contributed by atoms with Crippen LogP contribution in [-0.2, 0) is 4.79 Å². The number of hydrogen-bond acceptors (Lipinski definition) is 3. The van der Waals surface area contributed by atoms with E-state index in [0.29, 0.717) is 18.7 Å². The van der Waals surface area contributed by atoms with Gasteiger partial charge in [0, 0.05) is 12.2 Å². The number of anilines is 1. The van der Waals surface area contributed by atoms with Crippen LogP contribution >= 0.6 is 11.8 Å². The summed E-state index contributed by atoms with van der Waals surface area (Å²) in [6.07, 6.45) is 2.60. The van der Waals surface area contributed by atoms with E-state index in [1.54, 1.807) is 23.9 Å². The Morgan fingerprint density at radius 2 is 2.28 bits per heavy atom. The van der Waals surface area contributed by atoms with Gasteiger partial charge in [-0.05, 0) is 43.6 Å². The Hall–Kier alpha value is -1.07. The molecule has 0 spiro atoms. The van der Waals surface area contributed by atoms with Crippen molar-refractivity contribution in [3.8, 4) is 0 Å². The van der Waals surface area contributed by atoms with Crippen molar-refractivity contribution >= 4 is 23.4 Å². The van der Waals surface area contributed by atoms with Crippen molar-refractivity contribution in [2.75, 3.05) is 23.5 Å². The number of thioether (sulfide) groups is 1. The zero-order valence-electron chi connectivity index (χ0n) is 10.7. The van der Waals surface area contributed by atoms with Crippen LogP contribution in [0.3, 0.4) is 0 Å². The smallest absolute Gasteiger partial charge is 0.243 e. The number of amides is 1. The van der Waals surface area contributed by atoms with Crippen LogP contribution in [-0.4, -0.2) is 30.5 Å². The Morgan fingerprint density at radius 1 is 1.56 bits per heavy atom. The highest BCUT2D eigenvalue weighted by Gasteiger charge is 2.20. The molecule has 3 nitrogen and oxygen atoms in total. The standard InChI is InChI=1S/C13H19FN2OS/c1-3-16(11-6-4-5-10(14)9-11)13(17)12(15)7-8-18-2/h4-6,9,12H,3,7-8,15H2,1-2H3/t12-/m0/s1. The largest absolute Gasteiger partial charge is 0.320 e. The van der Waals surface area contributed by atoms with E-state index in [1.807, 2.05) is 13.2 Å². The molecule has 0 heterocycles. The molecule has 0 saturated heterocycles. The van der Waals surface area contributed by atoms with Gasteiger partial charge in [0.15, 0.2) is 0 Å². The molecule has 2 N–H and O–H groups in total. The minimum absolute atomic E-state index is 0.155. The van der Waals surface area contributed by atoms with Crippen molar-refractivity contribution in [2.24, 2.45) is 5.73 Å².